The van der Waals surface area contributed by atoms with E-state index >= 15 is 0 Å². The van der Waals surface area contributed by atoms with E-state index in [2.05, 4.69) is 30.4 Å². The highest BCUT2D eigenvalue weighted by atomic mass is 32.1. The zero-order valence-corrected chi connectivity index (χ0v) is 15.7. The van der Waals surface area contributed by atoms with Gasteiger partial charge in [-0.05, 0) is 31.9 Å². The van der Waals surface area contributed by atoms with Gasteiger partial charge in [0.2, 0.25) is 11.0 Å². The van der Waals surface area contributed by atoms with E-state index in [9.17, 15) is 4.79 Å². The van der Waals surface area contributed by atoms with Crippen LogP contribution >= 0.6 is 11.3 Å². The maximum atomic E-state index is 12.4. The number of aryl methyl sites for hydroxylation is 1. The van der Waals surface area contributed by atoms with Gasteiger partial charge < -0.3 is 10.2 Å². The molecule has 0 atom stereocenters. The van der Waals surface area contributed by atoms with E-state index in [4.69, 9.17) is 4.98 Å². The number of anilines is 2. The van der Waals surface area contributed by atoms with E-state index < -0.39 is 0 Å². The van der Waals surface area contributed by atoms with E-state index in [1.165, 1.54) is 11.3 Å². The minimum absolute atomic E-state index is 0.0164. The number of hydrogen-bond acceptors (Lipinski definition) is 8. The van der Waals surface area contributed by atoms with Crippen LogP contribution in [-0.2, 0) is 4.79 Å². The molecule has 0 spiro atoms. The third-order valence-corrected chi connectivity index (χ3v) is 5.17. The Morgan fingerprint density at radius 3 is 2.70 bits per heavy atom. The molecule has 27 heavy (non-hydrogen) atoms. The van der Waals surface area contributed by atoms with Crippen LogP contribution < -0.4 is 10.2 Å². The standard InChI is InChI=1S/C18H19N7OS/c1-12-10-15(22-16(21-12)13-2-6-19-7-3-13)25-8-4-14(5-9-25)17(26)23-18-24-20-11-27-18/h2-3,6-7,10-11,14H,4-5,8-9H2,1H3,(H,23,24,26). The largest absolute Gasteiger partial charge is 0.356 e. The zero-order valence-electron chi connectivity index (χ0n) is 14.9. The minimum Gasteiger partial charge on any atom is -0.356 e. The van der Waals surface area contributed by atoms with Crippen molar-refractivity contribution in [1.82, 2.24) is 25.1 Å². The van der Waals surface area contributed by atoms with Crippen molar-refractivity contribution in [3.63, 3.8) is 0 Å². The van der Waals surface area contributed by atoms with Gasteiger partial charge in [0.15, 0.2) is 5.82 Å². The van der Waals surface area contributed by atoms with Gasteiger partial charge in [0.25, 0.3) is 0 Å². The Bertz CT molecular complexity index is 909. The molecule has 1 N–H and O–H groups in total. The molecule has 3 aromatic rings. The van der Waals surface area contributed by atoms with Crippen LogP contribution in [0.1, 0.15) is 18.5 Å². The van der Waals surface area contributed by atoms with Crippen molar-refractivity contribution >= 4 is 28.2 Å². The average Bonchev–Trinajstić information content (AvgIpc) is 3.21. The molecule has 0 aliphatic carbocycles. The number of nitrogens with one attached hydrogen (secondary N) is 1. The van der Waals surface area contributed by atoms with Crippen LogP contribution in [0.15, 0.2) is 36.1 Å². The molecule has 1 fully saturated rings. The number of hydrogen-bond donors (Lipinski definition) is 1. The number of nitrogens with zero attached hydrogens (tertiary/aromatic N) is 6. The lowest BCUT2D eigenvalue weighted by atomic mass is 9.96. The fourth-order valence-electron chi connectivity index (χ4n) is 3.15. The Balaban J connectivity index is 1.44. The Morgan fingerprint density at radius 1 is 1.22 bits per heavy atom. The van der Waals surface area contributed by atoms with Gasteiger partial charge in [-0.2, -0.15) is 0 Å². The van der Waals surface area contributed by atoms with Gasteiger partial charge in [0.1, 0.15) is 11.3 Å². The molecule has 0 bridgehead atoms. The molecule has 4 heterocycles. The van der Waals surface area contributed by atoms with Gasteiger partial charge in [-0.15, -0.1) is 10.2 Å². The fourth-order valence-corrected chi connectivity index (χ4v) is 3.60. The third-order valence-electron chi connectivity index (χ3n) is 4.56. The lowest BCUT2D eigenvalue weighted by Gasteiger charge is -2.32. The van der Waals surface area contributed by atoms with Crippen LogP contribution in [0.5, 0.6) is 0 Å². The van der Waals surface area contributed by atoms with Crippen molar-refractivity contribution in [1.29, 1.82) is 0 Å². The van der Waals surface area contributed by atoms with Gasteiger partial charge in [0, 0.05) is 48.7 Å². The summed E-state index contributed by atoms with van der Waals surface area (Å²) >= 11 is 1.33. The molecule has 3 aromatic heterocycles. The Kier molecular flexibility index (Phi) is 5.01. The molecule has 1 aliphatic heterocycles. The summed E-state index contributed by atoms with van der Waals surface area (Å²) in [5, 5.41) is 11.0. The van der Waals surface area contributed by atoms with Crippen LogP contribution in [0.2, 0.25) is 0 Å². The molecule has 0 aromatic carbocycles. The smallest absolute Gasteiger partial charge is 0.229 e. The van der Waals surface area contributed by atoms with Crippen molar-refractivity contribution in [2.75, 3.05) is 23.3 Å². The first-order chi connectivity index (χ1) is 13.2. The van der Waals surface area contributed by atoms with Crippen LogP contribution in [-0.4, -0.2) is 44.1 Å². The molecule has 0 saturated carbocycles. The van der Waals surface area contributed by atoms with Crippen LogP contribution in [0.25, 0.3) is 11.4 Å². The summed E-state index contributed by atoms with van der Waals surface area (Å²) in [7, 11) is 0. The van der Waals surface area contributed by atoms with Crippen LogP contribution in [0.4, 0.5) is 10.9 Å². The van der Waals surface area contributed by atoms with Crippen molar-refractivity contribution in [2.24, 2.45) is 5.92 Å². The lowest BCUT2D eigenvalue weighted by molar-refractivity contribution is -0.120. The van der Waals surface area contributed by atoms with Gasteiger partial charge in [0.05, 0.1) is 0 Å². The second kappa shape index (κ2) is 7.75. The average molecular weight is 381 g/mol. The summed E-state index contributed by atoms with van der Waals surface area (Å²) in [6.45, 7) is 3.53. The number of carbonyl (C=O) groups excluding carboxylic acids is 1. The molecule has 138 valence electrons. The number of rotatable bonds is 4. The first kappa shape index (κ1) is 17.5. The van der Waals surface area contributed by atoms with E-state index in [0.29, 0.717) is 11.0 Å². The first-order valence-electron chi connectivity index (χ1n) is 8.77. The highest BCUT2D eigenvalue weighted by Gasteiger charge is 2.26. The van der Waals surface area contributed by atoms with Gasteiger partial charge in [-0.1, -0.05) is 11.3 Å². The predicted octanol–water partition coefficient (Wildman–Crippen LogP) is 2.55. The summed E-state index contributed by atoms with van der Waals surface area (Å²) in [5.41, 5.74) is 3.47. The minimum atomic E-state index is -0.0206. The quantitative estimate of drug-likeness (QED) is 0.742. The van der Waals surface area contributed by atoms with E-state index in [-0.39, 0.29) is 11.8 Å². The first-order valence-corrected chi connectivity index (χ1v) is 9.65. The maximum absolute atomic E-state index is 12.4. The molecule has 8 nitrogen and oxygen atoms in total. The van der Waals surface area contributed by atoms with Gasteiger partial charge in [-0.3, -0.25) is 9.78 Å². The fraction of sp³-hybridized carbons (Fsp3) is 0.333. The molecule has 1 amide bonds. The highest BCUT2D eigenvalue weighted by molar-refractivity contribution is 7.13. The Morgan fingerprint density at radius 2 is 2.00 bits per heavy atom. The summed E-state index contributed by atoms with van der Waals surface area (Å²) in [5.74, 6) is 1.59. The van der Waals surface area contributed by atoms with E-state index in [1.54, 1.807) is 17.9 Å². The second-order valence-corrected chi connectivity index (χ2v) is 7.25. The topological polar surface area (TPSA) is 96.8 Å². The molecule has 0 unspecified atom stereocenters. The number of amides is 1. The SMILES string of the molecule is Cc1cc(N2CCC(C(=O)Nc3nncs3)CC2)nc(-c2ccncc2)n1. The lowest BCUT2D eigenvalue weighted by Crippen LogP contribution is -2.38. The molecular formula is C18H19N7OS. The number of carbonyl (C=O) groups is 1. The van der Waals surface area contributed by atoms with E-state index in [0.717, 1.165) is 43.0 Å². The molecule has 4 rings (SSSR count). The highest BCUT2D eigenvalue weighted by Crippen LogP contribution is 2.25. The van der Waals surface area contributed by atoms with E-state index in [1.807, 2.05) is 25.1 Å². The number of pyridine rings is 1. The molecule has 1 saturated heterocycles. The van der Waals surface area contributed by atoms with Gasteiger partial charge >= 0.3 is 0 Å². The molecule has 1 aliphatic rings. The third kappa shape index (κ3) is 4.08. The van der Waals surface area contributed by atoms with Crippen molar-refractivity contribution in [2.45, 2.75) is 19.8 Å². The van der Waals surface area contributed by atoms with Crippen molar-refractivity contribution in [3.8, 4) is 11.4 Å². The second-order valence-electron chi connectivity index (χ2n) is 6.42. The number of aromatic nitrogens is 5. The monoisotopic (exact) mass is 381 g/mol. The Hall–Kier alpha value is -2.94. The molecular weight excluding hydrogens is 362 g/mol. The van der Waals surface area contributed by atoms with Crippen LogP contribution in [0.3, 0.4) is 0 Å². The number of piperidine rings is 1. The summed E-state index contributed by atoms with van der Waals surface area (Å²) in [4.78, 5) is 27.9. The molecule has 0 radical (unpaired) electrons. The van der Waals surface area contributed by atoms with Crippen molar-refractivity contribution in [3.05, 3.63) is 41.8 Å². The maximum Gasteiger partial charge on any atom is 0.229 e. The summed E-state index contributed by atoms with van der Waals surface area (Å²) in [6, 6.07) is 5.80. The normalized spacial score (nSPS) is 14.9. The van der Waals surface area contributed by atoms with Gasteiger partial charge in [-0.25, -0.2) is 9.97 Å². The predicted molar refractivity (Wildman–Crippen MR) is 103 cm³/mol. The Labute approximate surface area is 160 Å². The summed E-state index contributed by atoms with van der Waals surface area (Å²) < 4.78 is 0. The molecule has 9 heteroatoms. The summed E-state index contributed by atoms with van der Waals surface area (Å²) in [6.07, 6.45) is 5.03. The van der Waals surface area contributed by atoms with Crippen LogP contribution in [0, 0.1) is 12.8 Å². The van der Waals surface area contributed by atoms with Crippen molar-refractivity contribution < 1.29 is 4.79 Å². The zero-order chi connectivity index (χ0) is 18.6.